The van der Waals surface area contributed by atoms with Gasteiger partial charge in [0.15, 0.2) is 0 Å². The van der Waals surface area contributed by atoms with Crippen LogP contribution < -0.4 is 4.74 Å². The Morgan fingerprint density at radius 2 is 1.73 bits per heavy atom. The molecule has 1 aromatic carbocycles. The molecule has 1 nitrogen and oxygen atoms in total. The summed E-state index contributed by atoms with van der Waals surface area (Å²) in [6.07, 6.45) is 0. The fourth-order valence-electron chi connectivity index (χ4n) is 1.51. The summed E-state index contributed by atoms with van der Waals surface area (Å²) in [7, 11) is 0. The number of hydrogen-bond donors (Lipinski definition) is 0. The van der Waals surface area contributed by atoms with Crippen molar-refractivity contribution in [3.05, 3.63) is 36.2 Å². The maximum absolute atomic E-state index is 5.56. The standard InChI is InChI=1S/C14H21O/c1-6-15-14-8-12(10(2)3)7-13(9-14)11(4)5/h7-11H,2,6H2,1,3-5H3. The van der Waals surface area contributed by atoms with Crippen LogP contribution in [-0.4, -0.2) is 6.61 Å². The van der Waals surface area contributed by atoms with Gasteiger partial charge in [0.2, 0.25) is 0 Å². The van der Waals surface area contributed by atoms with Crippen molar-refractivity contribution in [1.82, 2.24) is 0 Å². The van der Waals surface area contributed by atoms with E-state index in [1.54, 1.807) is 0 Å². The second kappa shape index (κ2) is 5.20. The van der Waals surface area contributed by atoms with Crippen molar-refractivity contribution in [2.75, 3.05) is 6.61 Å². The van der Waals surface area contributed by atoms with Crippen molar-refractivity contribution in [3.8, 4) is 5.75 Å². The monoisotopic (exact) mass is 205 g/mol. The Balaban J connectivity index is 3.08. The summed E-state index contributed by atoms with van der Waals surface area (Å²) < 4.78 is 5.56. The number of rotatable bonds is 4. The van der Waals surface area contributed by atoms with Crippen molar-refractivity contribution in [2.45, 2.75) is 39.5 Å². The fourth-order valence-corrected chi connectivity index (χ4v) is 1.51. The molecule has 0 heterocycles. The quantitative estimate of drug-likeness (QED) is 0.717. The summed E-state index contributed by atoms with van der Waals surface area (Å²) in [6, 6.07) is 6.44. The van der Waals surface area contributed by atoms with Crippen LogP contribution in [0.25, 0.3) is 0 Å². The van der Waals surface area contributed by atoms with Gasteiger partial charge < -0.3 is 4.74 Å². The van der Waals surface area contributed by atoms with Gasteiger partial charge in [-0.3, -0.25) is 0 Å². The maximum Gasteiger partial charge on any atom is 0.119 e. The third-order valence-corrected chi connectivity index (χ3v) is 2.50. The summed E-state index contributed by atoms with van der Waals surface area (Å²) in [5.74, 6) is 1.81. The van der Waals surface area contributed by atoms with Gasteiger partial charge in [0.05, 0.1) is 6.61 Å². The van der Waals surface area contributed by atoms with Gasteiger partial charge in [-0.2, -0.15) is 0 Å². The predicted molar refractivity (Wildman–Crippen MR) is 65.5 cm³/mol. The minimum atomic E-state index is 0.308. The molecule has 0 fully saturated rings. The van der Waals surface area contributed by atoms with Crippen LogP contribution in [0.5, 0.6) is 5.75 Å². The van der Waals surface area contributed by atoms with Gasteiger partial charge in [0, 0.05) is 0 Å². The van der Waals surface area contributed by atoms with E-state index in [0.717, 1.165) is 5.75 Å². The molecule has 1 unspecified atom stereocenters. The summed E-state index contributed by atoms with van der Waals surface area (Å²) in [5, 5.41) is 0. The summed E-state index contributed by atoms with van der Waals surface area (Å²) in [6.45, 7) is 13.3. The Morgan fingerprint density at radius 1 is 1.13 bits per heavy atom. The molecule has 1 radical (unpaired) electrons. The number of benzene rings is 1. The highest BCUT2D eigenvalue weighted by Crippen LogP contribution is 2.26. The second-order valence-electron chi connectivity index (χ2n) is 4.32. The lowest BCUT2D eigenvalue weighted by atomic mass is 9.95. The van der Waals surface area contributed by atoms with Crippen LogP contribution in [0.15, 0.2) is 18.2 Å². The van der Waals surface area contributed by atoms with Crippen molar-refractivity contribution in [3.63, 3.8) is 0 Å². The second-order valence-corrected chi connectivity index (χ2v) is 4.32. The van der Waals surface area contributed by atoms with Gasteiger partial charge in [-0.15, -0.1) is 0 Å². The van der Waals surface area contributed by atoms with Crippen molar-refractivity contribution in [2.24, 2.45) is 0 Å². The van der Waals surface area contributed by atoms with Gasteiger partial charge in [-0.1, -0.05) is 26.8 Å². The summed E-state index contributed by atoms with van der Waals surface area (Å²) in [5.41, 5.74) is 2.58. The van der Waals surface area contributed by atoms with Crippen molar-refractivity contribution >= 4 is 0 Å². The predicted octanol–water partition coefficient (Wildman–Crippen LogP) is 4.15. The first-order valence-corrected chi connectivity index (χ1v) is 5.65. The Hall–Kier alpha value is -0.980. The minimum absolute atomic E-state index is 0.308. The molecule has 0 N–H and O–H groups in total. The molecule has 1 aromatic rings. The molecular formula is C14H21O. The molecule has 1 atom stereocenters. The zero-order chi connectivity index (χ0) is 11.4. The van der Waals surface area contributed by atoms with Crippen LogP contribution >= 0.6 is 0 Å². The molecule has 0 aromatic heterocycles. The molecule has 0 amide bonds. The molecular weight excluding hydrogens is 184 g/mol. The molecule has 0 aliphatic carbocycles. The number of hydrogen-bond acceptors (Lipinski definition) is 1. The van der Waals surface area contributed by atoms with Crippen LogP contribution in [0.3, 0.4) is 0 Å². The Morgan fingerprint density at radius 3 is 2.20 bits per heavy atom. The first kappa shape index (κ1) is 12.1. The van der Waals surface area contributed by atoms with Crippen LogP contribution in [0.2, 0.25) is 0 Å². The maximum atomic E-state index is 5.56. The zero-order valence-electron chi connectivity index (χ0n) is 10.2. The fraction of sp³-hybridized carbons (Fsp3) is 0.500. The molecule has 0 spiro atoms. The minimum Gasteiger partial charge on any atom is -0.494 e. The van der Waals surface area contributed by atoms with E-state index in [1.165, 1.54) is 11.1 Å². The van der Waals surface area contributed by atoms with Gasteiger partial charge >= 0.3 is 0 Å². The molecule has 1 heteroatoms. The first-order valence-electron chi connectivity index (χ1n) is 5.65. The molecule has 0 saturated carbocycles. The Bertz CT molecular complexity index is 287. The van der Waals surface area contributed by atoms with E-state index in [2.05, 4.69) is 45.9 Å². The molecule has 15 heavy (non-hydrogen) atoms. The van der Waals surface area contributed by atoms with E-state index in [0.29, 0.717) is 18.4 Å². The molecule has 0 saturated heterocycles. The van der Waals surface area contributed by atoms with Gasteiger partial charge in [0.25, 0.3) is 0 Å². The molecule has 0 aliphatic heterocycles. The number of ether oxygens (including phenoxy) is 1. The van der Waals surface area contributed by atoms with Gasteiger partial charge in [0.1, 0.15) is 5.75 Å². The van der Waals surface area contributed by atoms with Crippen LogP contribution in [-0.2, 0) is 0 Å². The molecule has 1 rings (SSSR count). The molecule has 0 bridgehead atoms. The van der Waals surface area contributed by atoms with Gasteiger partial charge in [-0.05, 0) is 48.9 Å². The first-order chi connectivity index (χ1) is 7.04. The SMILES string of the molecule is [CH2]C(C)c1cc(OCC)cc(C(C)C)c1. The zero-order valence-corrected chi connectivity index (χ0v) is 10.2. The third-order valence-electron chi connectivity index (χ3n) is 2.50. The van der Waals surface area contributed by atoms with Crippen molar-refractivity contribution in [1.29, 1.82) is 0 Å². The summed E-state index contributed by atoms with van der Waals surface area (Å²) >= 11 is 0. The van der Waals surface area contributed by atoms with Crippen LogP contribution in [0.4, 0.5) is 0 Å². The Kier molecular flexibility index (Phi) is 4.19. The Labute approximate surface area is 93.5 Å². The average Bonchev–Trinajstić information content (AvgIpc) is 2.17. The van der Waals surface area contributed by atoms with E-state index < -0.39 is 0 Å². The lowest BCUT2D eigenvalue weighted by Gasteiger charge is -2.14. The van der Waals surface area contributed by atoms with Crippen LogP contribution in [0.1, 0.15) is 50.7 Å². The smallest absolute Gasteiger partial charge is 0.119 e. The van der Waals surface area contributed by atoms with Crippen molar-refractivity contribution < 1.29 is 4.74 Å². The highest BCUT2D eigenvalue weighted by Gasteiger charge is 2.07. The average molecular weight is 205 g/mol. The lowest BCUT2D eigenvalue weighted by Crippen LogP contribution is -1.98. The lowest BCUT2D eigenvalue weighted by molar-refractivity contribution is 0.339. The van der Waals surface area contributed by atoms with E-state index in [9.17, 15) is 0 Å². The van der Waals surface area contributed by atoms with Gasteiger partial charge in [-0.25, -0.2) is 0 Å². The molecule has 83 valence electrons. The largest absolute Gasteiger partial charge is 0.494 e. The topological polar surface area (TPSA) is 9.23 Å². The van der Waals surface area contributed by atoms with E-state index in [1.807, 2.05) is 6.92 Å². The molecule has 0 aliphatic rings. The third kappa shape index (κ3) is 3.26. The normalized spacial score (nSPS) is 11.1. The highest BCUT2D eigenvalue weighted by molar-refractivity contribution is 5.37. The van der Waals surface area contributed by atoms with E-state index >= 15 is 0 Å². The van der Waals surface area contributed by atoms with E-state index in [4.69, 9.17) is 4.74 Å². The highest BCUT2D eigenvalue weighted by atomic mass is 16.5. The van der Waals surface area contributed by atoms with Crippen LogP contribution in [0, 0.1) is 6.92 Å². The van der Waals surface area contributed by atoms with E-state index in [-0.39, 0.29) is 0 Å². The summed E-state index contributed by atoms with van der Waals surface area (Å²) in [4.78, 5) is 0.